The number of fused-ring (bicyclic) bond motifs is 1. The number of ether oxygens (including phenoxy) is 1. The standard InChI is InChI=1S/C23H23Cl3N4O2/c1-16-12-22(20-7-4-18(26)13-21(20)28-16)32-15-23(31)29-27-14-17-2-5-19(6-3-17)30(10-8-24)11-9-25/h2-7,12-14H,8-11,15H2,1H3,(H,29,31). The fraction of sp³-hybridized carbons (Fsp3) is 0.261. The van der Waals surface area contributed by atoms with E-state index in [4.69, 9.17) is 39.5 Å². The molecule has 0 aliphatic heterocycles. The minimum Gasteiger partial charge on any atom is -0.483 e. The molecule has 1 amide bonds. The van der Waals surface area contributed by atoms with Crippen LogP contribution in [-0.4, -0.2) is 48.6 Å². The molecule has 0 radical (unpaired) electrons. The first-order valence-corrected chi connectivity index (χ1v) is 11.4. The van der Waals surface area contributed by atoms with Gasteiger partial charge in [0.05, 0.1) is 11.7 Å². The smallest absolute Gasteiger partial charge is 0.277 e. The lowest BCUT2D eigenvalue weighted by atomic mass is 10.2. The first kappa shape index (κ1) is 24.1. The first-order chi connectivity index (χ1) is 15.5. The van der Waals surface area contributed by atoms with Gasteiger partial charge >= 0.3 is 0 Å². The molecule has 1 heterocycles. The van der Waals surface area contributed by atoms with Gasteiger partial charge in [0.25, 0.3) is 5.91 Å². The normalized spacial score (nSPS) is 11.1. The van der Waals surface area contributed by atoms with Gasteiger partial charge in [-0.25, -0.2) is 5.43 Å². The van der Waals surface area contributed by atoms with Crippen molar-refractivity contribution in [3.05, 3.63) is 64.8 Å². The third kappa shape index (κ3) is 6.73. The number of carbonyl (C=O) groups excluding carboxylic acids is 1. The Hall–Kier alpha value is -2.54. The Morgan fingerprint density at radius 2 is 1.84 bits per heavy atom. The summed E-state index contributed by atoms with van der Waals surface area (Å²) in [5, 5.41) is 5.38. The lowest BCUT2D eigenvalue weighted by Crippen LogP contribution is -2.27. The third-order valence-corrected chi connectivity index (χ3v) is 5.16. The molecule has 3 rings (SSSR count). The number of nitrogens with zero attached hydrogens (tertiary/aromatic N) is 3. The number of aromatic nitrogens is 1. The molecule has 0 atom stereocenters. The molecule has 0 aliphatic rings. The molecular formula is C23H23Cl3N4O2. The highest BCUT2D eigenvalue weighted by atomic mass is 35.5. The molecule has 1 aromatic heterocycles. The van der Waals surface area contributed by atoms with E-state index in [9.17, 15) is 4.79 Å². The van der Waals surface area contributed by atoms with Crippen LogP contribution in [0.25, 0.3) is 10.9 Å². The Morgan fingerprint density at radius 3 is 2.53 bits per heavy atom. The van der Waals surface area contributed by atoms with Crippen molar-refractivity contribution in [3.8, 4) is 5.75 Å². The van der Waals surface area contributed by atoms with E-state index >= 15 is 0 Å². The topological polar surface area (TPSA) is 66.8 Å². The van der Waals surface area contributed by atoms with E-state index in [1.165, 1.54) is 0 Å². The molecule has 1 N–H and O–H groups in total. The van der Waals surface area contributed by atoms with Crippen LogP contribution < -0.4 is 15.1 Å². The Balaban J connectivity index is 1.56. The lowest BCUT2D eigenvalue weighted by Gasteiger charge is -2.22. The fourth-order valence-corrected chi connectivity index (χ4v) is 3.69. The molecule has 0 aliphatic carbocycles. The Kier molecular flexibility index (Phi) is 8.97. The number of pyridine rings is 1. The predicted octanol–water partition coefficient (Wildman–Crippen LogP) is 5.01. The average molecular weight is 494 g/mol. The molecule has 2 aromatic carbocycles. The molecule has 9 heteroatoms. The van der Waals surface area contributed by atoms with Gasteiger partial charge in [0.15, 0.2) is 6.61 Å². The minimum absolute atomic E-state index is 0.177. The van der Waals surface area contributed by atoms with Gasteiger partial charge in [-0.3, -0.25) is 9.78 Å². The van der Waals surface area contributed by atoms with Crippen molar-refractivity contribution in [1.82, 2.24) is 10.4 Å². The summed E-state index contributed by atoms with van der Waals surface area (Å²) in [5.74, 6) is 1.25. The zero-order chi connectivity index (χ0) is 22.9. The van der Waals surface area contributed by atoms with Gasteiger partial charge in [0, 0.05) is 52.7 Å². The van der Waals surface area contributed by atoms with Gasteiger partial charge in [0.2, 0.25) is 0 Å². The van der Waals surface area contributed by atoms with Crippen LogP contribution in [0.4, 0.5) is 5.69 Å². The van der Waals surface area contributed by atoms with Crippen molar-refractivity contribution in [2.75, 3.05) is 36.4 Å². The van der Waals surface area contributed by atoms with Crippen molar-refractivity contribution in [2.24, 2.45) is 5.10 Å². The molecule has 0 bridgehead atoms. The number of halogens is 3. The summed E-state index contributed by atoms with van der Waals surface area (Å²) in [4.78, 5) is 18.7. The van der Waals surface area contributed by atoms with E-state index in [1.54, 1.807) is 24.4 Å². The molecule has 0 saturated carbocycles. The lowest BCUT2D eigenvalue weighted by molar-refractivity contribution is -0.123. The number of hydrogen-bond donors (Lipinski definition) is 1. The van der Waals surface area contributed by atoms with Crippen molar-refractivity contribution in [2.45, 2.75) is 6.92 Å². The summed E-state index contributed by atoms with van der Waals surface area (Å²) < 4.78 is 5.70. The average Bonchev–Trinajstić information content (AvgIpc) is 2.77. The van der Waals surface area contributed by atoms with Gasteiger partial charge in [0.1, 0.15) is 5.75 Å². The zero-order valence-electron chi connectivity index (χ0n) is 17.5. The SMILES string of the molecule is Cc1cc(OCC(=O)NN=Cc2ccc(N(CCCl)CCCl)cc2)c2ccc(Cl)cc2n1. The number of alkyl halides is 2. The Morgan fingerprint density at radius 1 is 1.12 bits per heavy atom. The monoisotopic (exact) mass is 492 g/mol. The minimum atomic E-state index is -0.371. The van der Waals surface area contributed by atoms with Crippen molar-refractivity contribution < 1.29 is 9.53 Å². The number of benzene rings is 2. The molecule has 0 spiro atoms. The van der Waals surface area contributed by atoms with Gasteiger partial charge in [-0.05, 0) is 42.8 Å². The molecule has 6 nitrogen and oxygen atoms in total. The maximum absolute atomic E-state index is 12.2. The molecule has 0 unspecified atom stereocenters. The van der Waals surface area contributed by atoms with Crippen molar-refractivity contribution in [3.63, 3.8) is 0 Å². The van der Waals surface area contributed by atoms with Gasteiger partial charge in [-0.15, -0.1) is 23.2 Å². The molecule has 3 aromatic rings. The van der Waals surface area contributed by atoms with Crippen LogP contribution in [0.2, 0.25) is 5.02 Å². The summed E-state index contributed by atoms with van der Waals surface area (Å²) in [6.45, 7) is 3.12. The maximum Gasteiger partial charge on any atom is 0.277 e. The number of nitrogens with one attached hydrogen (secondary N) is 1. The van der Waals surface area contributed by atoms with Gasteiger partial charge in [-0.2, -0.15) is 5.10 Å². The Bertz CT molecular complexity index is 1080. The molecule has 0 saturated heterocycles. The highest BCUT2D eigenvalue weighted by Gasteiger charge is 2.09. The summed E-state index contributed by atoms with van der Waals surface area (Å²) in [5.41, 5.74) is 5.83. The van der Waals surface area contributed by atoms with Crippen molar-refractivity contribution >= 4 is 63.5 Å². The molecular weight excluding hydrogens is 471 g/mol. The van der Waals surface area contributed by atoms with Crippen LogP contribution in [0.1, 0.15) is 11.3 Å². The van der Waals surface area contributed by atoms with E-state index in [2.05, 4.69) is 20.4 Å². The fourth-order valence-electron chi connectivity index (χ4n) is 3.11. The van der Waals surface area contributed by atoms with E-state index < -0.39 is 0 Å². The number of hydrazone groups is 1. The summed E-state index contributed by atoms with van der Waals surface area (Å²) in [6.07, 6.45) is 1.57. The molecule has 168 valence electrons. The van der Waals surface area contributed by atoms with Crippen LogP contribution in [-0.2, 0) is 4.79 Å². The van der Waals surface area contributed by atoms with Gasteiger partial charge in [-0.1, -0.05) is 23.7 Å². The van der Waals surface area contributed by atoms with Crippen LogP contribution in [0.15, 0.2) is 53.6 Å². The number of hydrogen-bond acceptors (Lipinski definition) is 5. The van der Waals surface area contributed by atoms with Crippen LogP contribution in [0.5, 0.6) is 5.75 Å². The maximum atomic E-state index is 12.2. The predicted molar refractivity (Wildman–Crippen MR) is 133 cm³/mol. The number of amides is 1. The van der Waals surface area contributed by atoms with E-state index in [-0.39, 0.29) is 12.5 Å². The van der Waals surface area contributed by atoms with E-state index in [1.807, 2.05) is 37.3 Å². The number of aryl methyl sites for hydroxylation is 1. The van der Waals surface area contributed by atoms with E-state index in [0.717, 1.165) is 35.4 Å². The number of rotatable bonds is 10. The number of carbonyl (C=O) groups is 1. The molecule has 0 fully saturated rings. The van der Waals surface area contributed by atoms with E-state index in [0.29, 0.717) is 28.0 Å². The zero-order valence-corrected chi connectivity index (χ0v) is 19.8. The second-order valence-corrected chi connectivity index (χ2v) is 8.15. The van der Waals surface area contributed by atoms with Crippen LogP contribution in [0.3, 0.4) is 0 Å². The quantitative estimate of drug-likeness (QED) is 0.245. The summed E-state index contributed by atoms with van der Waals surface area (Å²) in [6, 6.07) is 14.9. The van der Waals surface area contributed by atoms with Crippen LogP contribution in [0, 0.1) is 6.92 Å². The summed E-state index contributed by atoms with van der Waals surface area (Å²) in [7, 11) is 0. The highest BCUT2D eigenvalue weighted by molar-refractivity contribution is 6.31. The second-order valence-electron chi connectivity index (χ2n) is 6.96. The van der Waals surface area contributed by atoms with Gasteiger partial charge < -0.3 is 9.64 Å². The third-order valence-electron chi connectivity index (χ3n) is 4.59. The van der Waals surface area contributed by atoms with Crippen molar-refractivity contribution in [1.29, 1.82) is 0 Å². The second kappa shape index (κ2) is 11.9. The first-order valence-electron chi connectivity index (χ1n) is 9.98. The number of anilines is 1. The largest absolute Gasteiger partial charge is 0.483 e. The highest BCUT2D eigenvalue weighted by Crippen LogP contribution is 2.27. The Labute approximate surface area is 202 Å². The molecule has 32 heavy (non-hydrogen) atoms. The van der Waals surface area contributed by atoms with Crippen LogP contribution >= 0.6 is 34.8 Å². The summed E-state index contributed by atoms with van der Waals surface area (Å²) >= 11 is 17.7.